The fourth-order valence-electron chi connectivity index (χ4n) is 1.56. The fraction of sp³-hybridized carbons (Fsp3) is 1.00. The molecule has 188 valence electrons. The van der Waals surface area contributed by atoms with Crippen molar-refractivity contribution in [1.29, 1.82) is 0 Å². The second-order valence-corrected chi connectivity index (χ2v) is 4.68. The van der Waals surface area contributed by atoms with Crippen LogP contribution >= 0.6 is 37.2 Å². The molecule has 0 aliphatic carbocycles. The monoisotopic (exact) mass is 712 g/mol. The average Bonchev–Trinajstić information content (AvgIpc) is 2.54. The first kappa shape index (κ1) is 37.7. The summed E-state index contributed by atoms with van der Waals surface area (Å²) in [5.74, 6) is -15.8. The van der Waals surface area contributed by atoms with Crippen molar-refractivity contribution in [1.82, 2.24) is 0 Å². The summed E-state index contributed by atoms with van der Waals surface area (Å²) in [6.07, 6.45) is -22.3. The van der Waals surface area contributed by atoms with Crippen LogP contribution in [0.5, 0.6) is 0 Å². The molecule has 1 rings (SSSR count). The van der Waals surface area contributed by atoms with Crippen LogP contribution in [-0.2, 0) is 9.47 Å². The Balaban J connectivity index is -0.000000376. The SMILES string of the molecule is C.CC1(F)OC(F)(CCC(F)(F)F)C(F)(C(F)(F)F)OC1(F)F.CF.FCF.II. The van der Waals surface area contributed by atoms with Crippen molar-refractivity contribution in [2.24, 2.45) is 0 Å². The summed E-state index contributed by atoms with van der Waals surface area (Å²) in [6.45, 7) is -2.06. The molecule has 0 bridgehead atoms. The lowest BCUT2D eigenvalue weighted by Gasteiger charge is -2.49. The number of hydrogen-bond acceptors (Lipinski definition) is 2. The molecular formula is C12H16F14I2O2. The highest BCUT2D eigenvalue weighted by Crippen LogP contribution is 2.58. The predicted molar refractivity (Wildman–Crippen MR) is 94.5 cm³/mol. The lowest BCUT2D eigenvalue weighted by molar-refractivity contribution is -0.570. The number of halogens is 16. The minimum absolute atomic E-state index is 0. The Bertz CT molecular complexity index is 459. The van der Waals surface area contributed by atoms with E-state index in [1.807, 2.05) is 0 Å². The van der Waals surface area contributed by atoms with E-state index in [2.05, 4.69) is 46.7 Å². The van der Waals surface area contributed by atoms with Crippen LogP contribution in [0.2, 0.25) is 0 Å². The summed E-state index contributed by atoms with van der Waals surface area (Å²) in [7, 11) is 0.500. The van der Waals surface area contributed by atoms with Crippen LogP contribution in [0.15, 0.2) is 0 Å². The molecule has 1 fully saturated rings. The van der Waals surface area contributed by atoms with Gasteiger partial charge >= 0.3 is 30.2 Å². The molecular weight excluding hydrogens is 696 g/mol. The van der Waals surface area contributed by atoms with E-state index < -0.39 is 55.8 Å². The molecule has 30 heavy (non-hydrogen) atoms. The van der Waals surface area contributed by atoms with Crippen LogP contribution < -0.4 is 0 Å². The zero-order valence-electron chi connectivity index (χ0n) is 14.0. The average molecular weight is 712 g/mol. The summed E-state index contributed by atoms with van der Waals surface area (Å²) < 4.78 is 175. The Morgan fingerprint density at radius 2 is 1.13 bits per heavy atom. The molecule has 0 aromatic heterocycles. The van der Waals surface area contributed by atoms with E-state index in [4.69, 9.17) is 0 Å². The number of hydrogen-bond donors (Lipinski definition) is 0. The molecule has 0 radical (unpaired) electrons. The predicted octanol–water partition coefficient (Wildman–Crippen LogP) is 8.42. The van der Waals surface area contributed by atoms with Gasteiger partial charge in [-0.2, -0.15) is 39.5 Å². The fourth-order valence-corrected chi connectivity index (χ4v) is 1.56. The van der Waals surface area contributed by atoms with Crippen LogP contribution in [0.3, 0.4) is 0 Å². The summed E-state index contributed by atoms with van der Waals surface area (Å²) in [5.41, 5.74) is 0. The molecule has 1 aliphatic rings. The van der Waals surface area contributed by atoms with Gasteiger partial charge in [-0.05, 0) is 0 Å². The Labute approximate surface area is 185 Å². The third-order valence-electron chi connectivity index (χ3n) is 2.72. The molecule has 3 unspecified atom stereocenters. The van der Waals surface area contributed by atoms with Crippen molar-refractivity contribution in [3.8, 4) is 0 Å². The van der Waals surface area contributed by atoms with E-state index >= 15 is 0 Å². The van der Waals surface area contributed by atoms with Crippen molar-refractivity contribution in [3.05, 3.63) is 0 Å². The van der Waals surface area contributed by atoms with Gasteiger partial charge < -0.3 is 0 Å². The molecule has 1 heterocycles. The van der Waals surface area contributed by atoms with E-state index in [9.17, 15) is 61.5 Å². The van der Waals surface area contributed by atoms with Gasteiger partial charge in [0.05, 0.1) is 7.18 Å². The molecule has 18 heteroatoms. The Morgan fingerprint density at radius 3 is 1.40 bits per heavy atom. The largest absolute Gasteiger partial charge is 0.454 e. The van der Waals surface area contributed by atoms with Gasteiger partial charge in [0.15, 0.2) is 0 Å². The first-order chi connectivity index (χ1) is 12.8. The van der Waals surface area contributed by atoms with Crippen LogP contribution in [0.25, 0.3) is 0 Å². The third kappa shape index (κ3) is 9.90. The van der Waals surface area contributed by atoms with Gasteiger partial charge in [0, 0.05) is 57.0 Å². The molecule has 2 nitrogen and oxygen atoms in total. The molecule has 0 aromatic rings. The van der Waals surface area contributed by atoms with E-state index in [1.165, 1.54) is 0 Å². The van der Waals surface area contributed by atoms with Gasteiger partial charge in [0.25, 0.3) is 5.85 Å². The van der Waals surface area contributed by atoms with Gasteiger partial charge in [0.1, 0.15) is 0 Å². The van der Waals surface area contributed by atoms with Crippen LogP contribution in [0.4, 0.5) is 61.5 Å². The van der Waals surface area contributed by atoms with Gasteiger partial charge in [-0.1, -0.05) is 7.43 Å². The first-order valence-corrected chi connectivity index (χ1v) is 12.7. The summed E-state index contributed by atoms with van der Waals surface area (Å²) >= 11 is 4.24. The molecule has 0 N–H and O–H groups in total. The van der Waals surface area contributed by atoms with Crippen LogP contribution in [0, 0.1) is 0 Å². The highest BCUT2D eigenvalue weighted by molar-refractivity contribution is 15.0. The highest BCUT2D eigenvalue weighted by atomic mass is 128. The second-order valence-electron chi connectivity index (χ2n) is 4.68. The molecule has 0 aromatic carbocycles. The van der Waals surface area contributed by atoms with E-state index in [-0.39, 0.29) is 14.4 Å². The molecule has 0 amide bonds. The maximum Gasteiger partial charge on any atom is 0.454 e. The zero-order valence-corrected chi connectivity index (χ0v) is 18.3. The smallest absolute Gasteiger partial charge is 0.296 e. The van der Waals surface area contributed by atoms with E-state index in [1.54, 1.807) is 0 Å². The number of alkyl halides is 14. The molecule has 3 atom stereocenters. The molecule has 0 spiro atoms. The van der Waals surface area contributed by atoms with Crippen LogP contribution in [-0.4, -0.2) is 50.1 Å². The van der Waals surface area contributed by atoms with Crippen molar-refractivity contribution in [2.75, 3.05) is 14.1 Å². The minimum Gasteiger partial charge on any atom is -0.296 e. The van der Waals surface area contributed by atoms with Crippen molar-refractivity contribution in [3.63, 3.8) is 0 Å². The normalized spacial score (nSPS) is 30.2. The maximum absolute atomic E-state index is 14.0. The quantitative estimate of drug-likeness (QED) is 0.212. The van der Waals surface area contributed by atoms with Gasteiger partial charge in [-0.25, -0.2) is 17.6 Å². The van der Waals surface area contributed by atoms with Crippen molar-refractivity contribution < 1.29 is 70.9 Å². The summed E-state index contributed by atoms with van der Waals surface area (Å²) in [4.78, 5) is 0. The maximum atomic E-state index is 14.0. The van der Waals surface area contributed by atoms with Crippen LogP contribution in [0.1, 0.15) is 27.2 Å². The van der Waals surface area contributed by atoms with Gasteiger partial charge in [0.2, 0.25) is 6.93 Å². The van der Waals surface area contributed by atoms with Crippen molar-refractivity contribution in [2.45, 2.75) is 63.2 Å². The lowest BCUT2D eigenvalue weighted by Crippen LogP contribution is -2.72. The van der Waals surface area contributed by atoms with E-state index in [0.717, 1.165) is 0 Å². The first-order valence-electron chi connectivity index (χ1n) is 6.41. The Kier molecular flexibility index (Phi) is 17.4. The minimum atomic E-state index is -6.56. The standard InChI is InChI=1S/C9H7F11O2.CH2F2.CH3F.CH4.I2/c1-4(10)9(19,20)22-7(15,8(16,17)18)5(11,21-4)2-3-6(12,13)14;2-1-3;1-2;;1-2/h2-3H2,1H3;1H2;1H3;1H4;. The molecule has 0 saturated carbocycles. The second kappa shape index (κ2) is 13.8. The molecule has 1 aliphatic heterocycles. The number of ether oxygens (including phenoxy) is 2. The van der Waals surface area contributed by atoms with E-state index in [0.29, 0.717) is 7.18 Å². The van der Waals surface area contributed by atoms with Gasteiger partial charge in [-0.15, -0.1) is 0 Å². The zero-order chi connectivity index (χ0) is 24.5. The third-order valence-corrected chi connectivity index (χ3v) is 2.72. The summed E-state index contributed by atoms with van der Waals surface area (Å²) in [6, 6.07) is 0. The summed E-state index contributed by atoms with van der Waals surface area (Å²) in [5, 5.41) is 0. The Hall–Kier alpha value is 0.400. The molecule has 1 saturated heterocycles. The highest BCUT2D eigenvalue weighted by Gasteiger charge is 2.83. The Morgan fingerprint density at radius 1 is 0.800 bits per heavy atom. The van der Waals surface area contributed by atoms with Gasteiger partial charge in [-0.3, -0.25) is 13.9 Å². The number of rotatable bonds is 2. The van der Waals surface area contributed by atoms with Crippen molar-refractivity contribution >= 4 is 37.2 Å². The lowest BCUT2D eigenvalue weighted by atomic mass is 9.99. The topological polar surface area (TPSA) is 18.5 Å².